The van der Waals surface area contributed by atoms with Crippen molar-refractivity contribution in [1.82, 2.24) is 9.80 Å². The maximum atomic E-state index is 12.7. The molecule has 1 aliphatic rings. The van der Waals surface area contributed by atoms with Crippen molar-refractivity contribution < 1.29 is 9.59 Å². The van der Waals surface area contributed by atoms with Crippen LogP contribution in [0.1, 0.15) is 31.1 Å². The molecule has 0 aliphatic carbocycles. The summed E-state index contributed by atoms with van der Waals surface area (Å²) in [5.41, 5.74) is 0.543. The Kier molecular flexibility index (Phi) is 3.42. The van der Waals surface area contributed by atoms with E-state index < -0.39 is 0 Å². The molecular formula is C16H20N2O2. The molecule has 4 heteroatoms. The van der Waals surface area contributed by atoms with Crippen molar-refractivity contribution in [1.29, 1.82) is 0 Å². The van der Waals surface area contributed by atoms with E-state index in [1.54, 1.807) is 24.1 Å². The second-order valence-electron chi connectivity index (χ2n) is 6.14. The van der Waals surface area contributed by atoms with Gasteiger partial charge in [0, 0.05) is 18.0 Å². The molecule has 0 spiro atoms. The number of hydrogen-bond acceptors (Lipinski definition) is 2. The first-order valence-corrected chi connectivity index (χ1v) is 6.60. The Hall–Kier alpha value is -2.10. The van der Waals surface area contributed by atoms with Crippen LogP contribution >= 0.6 is 0 Å². The second kappa shape index (κ2) is 4.78. The third-order valence-electron chi connectivity index (χ3n) is 3.48. The van der Waals surface area contributed by atoms with Crippen LogP contribution in [0.4, 0.5) is 0 Å². The average molecular weight is 272 g/mol. The highest BCUT2D eigenvalue weighted by Gasteiger charge is 2.47. The van der Waals surface area contributed by atoms with Crippen LogP contribution in [0.25, 0.3) is 0 Å². The van der Waals surface area contributed by atoms with Gasteiger partial charge in [0.1, 0.15) is 11.9 Å². The van der Waals surface area contributed by atoms with E-state index in [-0.39, 0.29) is 29.1 Å². The fourth-order valence-corrected chi connectivity index (χ4v) is 2.66. The molecule has 2 amide bonds. The Balaban J connectivity index is 2.45. The molecule has 1 atom stereocenters. The molecule has 1 saturated heterocycles. The number of rotatable bonds is 1. The van der Waals surface area contributed by atoms with Crippen LogP contribution in [0.5, 0.6) is 0 Å². The Morgan fingerprint density at radius 2 is 1.75 bits per heavy atom. The van der Waals surface area contributed by atoms with Crippen LogP contribution < -0.4 is 0 Å². The molecule has 1 aliphatic heterocycles. The van der Waals surface area contributed by atoms with Crippen LogP contribution in [-0.2, 0) is 4.79 Å². The first kappa shape index (κ1) is 14.3. The predicted octanol–water partition coefficient (Wildman–Crippen LogP) is 2.49. The van der Waals surface area contributed by atoms with E-state index in [4.69, 9.17) is 0 Å². The number of benzene rings is 1. The van der Waals surface area contributed by atoms with Crippen molar-refractivity contribution in [3.63, 3.8) is 0 Å². The van der Waals surface area contributed by atoms with Gasteiger partial charge in [-0.2, -0.15) is 0 Å². The van der Waals surface area contributed by atoms with Crippen LogP contribution in [0, 0.1) is 5.41 Å². The van der Waals surface area contributed by atoms with Gasteiger partial charge in [-0.05, 0) is 12.1 Å². The minimum Gasteiger partial charge on any atom is -0.319 e. The van der Waals surface area contributed by atoms with Gasteiger partial charge in [0.25, 0.3) is 11.8 Å². The molecule has 1 fully saturated rings. The summed E-state index contributed by atoms with van der Waals surface area (Å²) in [5, 5.41) is 0. The molecule has 0 aromatic heterocycles. The molecule has 20 heavy (non-hydrogen) atoms. The molecule has 0 bridgehead atoms. The van der Waals surface area contributed by atoms with E-state index >= 15 is 0 Å². The van der Waals surface area contributed by atoms with Crippen LogP contribution in [0.3, 0.4) is 0 Å². The van der Waals surface area contributed by atoms with Gasteiger partial charge < -0.3 is 4.90 Å². The Bertz CT molecular complexity index is 558. The van der Waals surface area contributed by atoms with E-state index in [2.05, 4.69) is 6.58 Å². The molecule has 0 saturated carbocycles. The zero-order valence-electron chi connectivity index (χ0n) is 12.4. The van der Waals surface area contributed by atoms with Gasteiger partial charge in [0.05, 0.1) is 0 Å². The van der Waals surface area contributed by atoms with E-state index in [9.17, 15) is 9.59 Å². The van der Waals surface area contributed by atoms with Crippen molar-refractivity contribution in [2.75, 3.05) is 7.05 Å². The van der Waals surface area contributed by atoms with Crippen LogP contribution in [0.2, 0.25) is 0 Å². The fourth-order valence-electron chi connectivity index (χ4n) is 2.66. The summed E-state index contributed by atoms with van der Waals surface area (Å²) in [7, 11) is 1.71. The van der Waals surface area contributed by atoms with Gasteiger partial charge in [-0.3, -0.25) is 14.5 Å². The van der Waals surface area contributed by atoms with Crippen LogP contribution in [-0.4, -0.2) is 34.8 Å². The van der Waals surface area contributed by atoms with Gasteiger partial charge in [-0.1, -0.05) is 45.5 Å². The molecule has 1 aromatic rings. The molecule has 0 unspecified atom stereocenters. The van der Waals surface area contributed by atoms with Gasteiger partial charge in [-0.15, -0.1) is 0 Å². The lowest BCUT2D eigenvalue weighted by Gasteiger charge is -2.37. The summed E-state index contributed by atoms with van der Waals surface area (Å²) in [5.74, 6) is -0.387. The summed E-state index contributed by atoms with van der Waals surface area (Å²) in [4.78, 5) is 27.9. The number of nitrogens with zero attached hydrogens (tertiary/aromatic N) is 2. The monoisotopic (exact) mass is 272 g/mol. The first-order valence-electron chi connectivity index (χ1n) is 6.60. The van der Waals surface area contributed by atoms with Gasteiger partial charge in [0.2, 0.25) is 0 Å². The Morgan fingerprint density at radius 1 is 1.20 bits per heavy atom. The number of carbonyl (C=O) groups excluding carboxylic acids is 2. The predicted molar refractivity (Wildman–Crippen MR) is 77.8 cm³/mol. The summed E-state index contributed by atoms with van der Waals surface area (Å²) in [6, 6.07) is 8.97. The number of carbonyl (C=O) groups is 2. The lowest BCUT2D eigenvalue weighted by atomic mass is 9.91. The van der Waals surface area contributed by atoms with E-state index in [0.717, 1.165) is 0 Å². The minimum absolute atomic E-state index is 0.187. The van der Waals surface area contributed by atoms with Crippen LogP contribution in [0.15, 0.2) is 42.6 Å². The summed E-state index contributed by atoms with van der Waals surface area (Å²) >= 11 is 0. The maximum Gasteiger partial charge on any atom is 0.271 e. The Labute approximate surface area is 119 Å². The quantitative estimate of drug-likeness (QED) is 0.737. The van der Waals surface area contributed by atoms with Gasteiger partial charge >= 0.3 is 0 Å². The topological polar surface area (TPSA) is 40.6 Å². The lowest BCUT2D eigenvalue weighted by Crippen LogP contribution is -2.48. The summed E-state index contributed by atoms with van der Waals surface area (Å²) in [6.07, 6.45) is -0.324. The van der Waals surface area contributed by atoms with Crippen molar-refractivity contribution in [2.45, 2.75) is 26.9 Å². The fraction of sp³-hybridized carbons (Fsp3) is 0.375. The normalized spacial score (nSPS) is 19.7. The minimum atomic E-state index is -0.324. The van der Waals surface area contributed by atoms with Crippen molar-refractivity contribution in [3.05, 3.63) is 48.2 Å². The second-order valence-corrected chi connectivity index (χ2v) is 6.14. The zero-order chi connectivity index (χ0) is 15.1. The van der Waals surface area contributed by atoms with Crippen molar-refractivity contribution in [3.8, 4) is 0 Å². The lowest BCUT2D eigenvalue weighted by molar-refractivity contribution is -0.126. The maximum absolute atomic E-state index is 12.7. The zero-order valence-corrected chi connectivity index (χ0v) is 12.4. The largest absolute Gasteiger partial charge is 0.319 e. The molecule has 4 nitrogen and oxygen atoms in total. The SMILES string of the molecule is C=C1C(=O)N(C)[C@H](C(C)(C)C)N1C(=O)c1ccccc1. The number of likely N-dealkylation sites (N-methyl/N-ethyl adjacent to an activating group) is 1. The standard InChI is InChI=1S/C16H20N2O2/c1-11-13(19)17(5)15(16(2,3)4)18(11)14(20)12-9-7-6-8-10-12/h6-10,15H,1H2,2-5H3/t15-/m0/s1. The molecule has 106 valence electrons. The molecule has 1 heterocycles. The summed E-state index contributed by atoms with van der Waals surface area (Å²) in [6.45, 7) is 9.81. The van der Waals surface area contributed by atoms with Crippen molar-refractivity contribution >= 4 is 11.8 Å². The number of amides is 2. The average Bonchev–Trinajstić information content (AvgIpc) is 2.63. The molecule has 0 radical (unpaired) electrons. The highest BCUT2D eigenvalue weighted by molar-refractivity contribution is 6.05. The van der Waals surface area contributed by atoms with E-state index in [0.29, 0.717) is 5.56 Å². The highest BCUT2D eigenvalue weighted by Crippen LogP contribution is 2.35. The molecular weight excluding hydrogens is 252 g/mol. The highest BCUT2D eigenvalue weighted by atomic mass is 16.2. The molecule has 1 aromatic carbocycles. The van der Waals surface area contributed by atoms with E-state index in [1.165, 1.54) is 4.90 Å². The van der Waals surface area contributed by atoms with Gasteiger partial charge in [-0.25, -0.2) is 0 Å². The molecule has 2 rings (SSSR count). The van der Waals surface area contributed by atoms with Gasteiger partial charge in [0.15, 0.2) is 0 Å². The Morgan fingerprint density at radius 3 is 2.25 bits per heavy atom. The third-order valence-corrected chi connectivity index (χ3v) is 3.48. The van der Waals surface area contributed by atoms with E-state index in [1.807, 2.05) is 39.0 Å². The summed E-state index contributed by atoms with van der Waals surface area (Å²) < 4.78 is 0. The molecule has 0 N–H and O–H groups in total. The number of hydrogen-bond donors (Lipinski definition) is 0. The first-order chi connectivity index (χ1) is 9.25. The smallest absolute Gasteiger partial charge is 0.271 e. The van der Waals surface area contributed by atoms with Crippen molar-refractivity contribution in [2.24, 2.45) is 5.41 Å². The third kappa shape index (κ3) is 2.22.